The van der Waals surface area contributed by atoms with Gasteiger partial charge in [-0.3, -0.25) is 9.69 Å². The lowest BCUT2D eigenvalue weighted by Gasteiger charge is -2.34. The summed E-state index contributed by atoms with van der Waals surface area (Å²) >= 11 is 0. The number of hydrogen-bond donors (Lipinski definition) is 1. The molecule has 0 spiro atoms. The summed E-state index contributed by atoms with van der Waals surface area (Å²) in [7, 11) is 1.82. The van der Waals surface area contributed by atoms with Gasteiger partial charge < -0.3 is 10.2 Å². The summed E-state index contributed by atoms with van der Waals surface area (Å²) in [5.41, 5.74) is 3.19. The van der Waals surface area contributed by atoms with Gasteiger partial charge in [0.1, 0.15) is 5.69 Å². The van der Waals surface area contributed by atoms with Crippen molar-refractivity contribution in [3.63, 3.8) is 0 Å². The number of carbonyl (C=O) groups excluding carboxylic acids is 1. The third-order valence-corrected chi connectivity index (χ3v) is 6.37. The number of fused-ring (bicyclic) bond motifs is 1. The molecule has 2 fully saturated rings. The van der Waals surface area contributed by atoms with Crippen molar-refractivity contribution in [3.8, 4) is 0 Å². The molecule has 3 heterocycles. The van der Waals surface area contributed by atoms with Crippen molar-refractivity contribution in [2.75, 3.05) is 32.0 Å². The quantitative estimate of drug-likeness (QED) is 0.901. The molecule has 26 heavy (non-hydrogen) atoms. The van der Waals surface area contributed by atoms with Gasteiger partial charge in [-0.2, -0.15) is 0 Å². The normalized spacial score (nSPS) is 25.3. The molecule has 1 aromatic rings. The number of nitrogens with zero attached hydrogens (tertiary/aromatic N) is 4. The van der Waals surface area contributed by atoms with Gasteiger partial charge in [-0.15, -0.1) is 0 Å². The van der Waals surface area contributed by atoms with Crippen molar-refractivity contribution in [1.29, 1.82) is 0 Å². The highest BCUT2D eigenvalue weighted by Crippen LogP contribution is 2.40. The molecule has 0 aromatic carbocycles. The molecule has 2 aliphatic heterocycles. The van der Waals surface area contributed by atoms with Gasteiger partial charge in [0.2, 0.25) is 5.95 Å². The first-order chi connectivity index (χ1) is 12.5. The number of anilines is 1. The first-order valence-electron chi connectivity index (χ1n) is 10.1. The van der Waals surface area contributed by atoms with Gasteiger partial charge in [0.05, 0.1) is 5.69 Å². The Morgan fingerprint density at radius 2 is 1.96 bits per heavy atom. The lowest BCUT2D eigenvalue weighted by molar-refractivity contribution is 0.0781. The maximum Gasteiger partial charge on any atom is 0.273 e. The molecule has 4 rings (SSSR count). The summed E-state index contributed by atoms with van der Waals surface area (Å²) < 4.78 is 0. The Labute approximate surface area is 156 Å². The van der Waals surface area contributed by atoms with E-state index in [2.05, 4.69) is 34.0 Å². The van der Waals surface area contributed by atoms with Gasteiger partial charge in [-0.25, -0.2) is 9.97 Å². The lowest BCUT2D eigenvalue weighted by atomic mass is 9.91. The standard InChI is InChI=1S/C20H31N5O/c1-20(2)8-6-14(12-20)25-11-7-16-15(13-25)17(23-19(21-3)22-16)18(26)24-9-4-5-10-24/h14H,4-13H2,1-3H3,(H,21,22,23). The Morgan fingerprint density at radius 3 is 2.62 bits per heavy atom. The molecular formula is C20H31N5O. The van der Waals surface area contributed by atoms with Crippen LogP contribution in [-0.4, -0.2) is 58.4 Å². The first kappa shape index (κ1) is 17.7. The Kier molecular flexibility index (Phi) is 4.63. The SMILES string of the molecule is CNc1nc2c(c(C(=O)N3CCCC3)n1)CN(C1CCC(C)(C)C1)CC2. The van der Waals surface area contributed by atoms with Crippen LogP contribution >= 0.6 is 0 Å². The zero-order valence-corrected chi connectivity index (χ0v) is 16.3. The fourth-order valence-electron chi connectivity index (χ4n) is 4.82. The second-order valence-electron chi connectivity index (χ2n) is 8.85. The van der Waals surface area contributed by atoms with Crippen LogP contribution in [0.1, 0.15) is 67.7 Å². The number of nitrogens with one attached hydrogen (secondary N) is 1. The van der Waals surface area contributed by atoms with Crippen molar-refractivity contribution >= 4 is 11.9 Å². The minimum atomic E-state index is 0.0891. The van der Waals surface area contributed by atoms with Crippen molar-refractivity contribution in [2.45, 2.75) is 65.0 Å². The molecule has 1 aliphatic carbocycles. The van der Waals surface area contributed by atoms with Gasteiger partial charge >= 0.3 is 0 Å². The van der Waals surface area contributed by atoms with E-state index in [0.29, 0.717) is 23.1 Å². The average molecular weight is 358 g/mol. The van der Waals surface area contributed by atoms with Gasteiger partial charge in [0.15, 0.2) is 0 Å². The monoisotopic (exact) mass is 357 g/mol. The average Bonchev–Trinajstić information content (AvgIpc) is 3.29. The van der Waals surface area contributed by atoms with Crippen molar-refractivity contribution < 1.29 is 4.79 Å². The summed E-state index contributed by atoms with van der Waals surface area (Å²) in [5.74, 6) is 0.660. The second-order valence-corrected chi connectivity index (χ2v) is 8.85. The van der Waals surface area contributed by atoms with E-state index >= 15 is 0 Å². The summed E-state index contributed by atoms with van der Waals surface area (Å²) in [4.78, 5) is 26.9. The molecule has 142 valence electrons. The highest BCUT2D eigenvalue weighted by Gasteiger charge is 2.37. The molecule has 3 aliphatic rings. The van der Waals surface area contributed by atoms with Crippen LogP contribution in [0.25, 0.3) is 0 Å². The van der Waals surface area contributed by atoms with E-state index in [0.717, 1.165) is 56.7 Å². The predicted octanol–water partition coefficient (Wildman–Crippen LogP) is 2.69. The molecule has 0 radical (unpaired) electrons. The van der Waals surface area contributed by atoms with Gasteiger partial charge in [0, 0.05) is 51.3 Å². The molecule has 1 saturated heterocycles. The highest BCUT2D eigenvalue weighted by molar-refractivity contribution is 5.94. The zero-order chi connectivity index (χ0) is 18.3. The summed E-state index contributed by atoms with van der Waals surface area (Å²) in [6.45, 7) is 8.30. The molecule has 1 atom stereocenters. The van der Waals surface area contributed by atoms with E-state index in [4.69, 9.17) is 0 Å². The van der Waals surface area contributed by atoms with Gasteiger partial charge in [-0.05, 0) is 37.5 Å². The van der Waals surface area contributed by atoms with Gasteiger partial charge in [-0.1, -0.05) is 13.8 Å². The van der Waals surface area contributed by atoms with E-state index in [1.807, 2.05) is 11.9 Å². The molecule has 1 amide bonds. The number of hydrogen-bond acceptors (Lipinski definition) is 5. The lowest BCUT2D eigenvalue weighted by Crippen LogP contribution is -2.40. The summed E-state index contributed by atoms with van der Waals surface area (Å²) in [6.07, 6.45) is 6.89. The van der Waals surface area contributed by atoms with E-state index in [1.54, 1.807) is 0 Å². The second kappa shape index (κ2) is 6.80. The van der Waals surface area contributed by atoms with E-state index in [-0.39, 0.29) is 5.91 Å². The van der Waals surface area contributed by atoms with Crippen LogP contribution in [0.3, 0.4) is 0 Å². The number of carbonyl (C=O) groups is 1. The molecule has 1 saturated carbocycles. The zero-order valence-electron chi connectivity index (χ0n) is 16.3. The van der Waals surface area contributed by atoms with Crippen LogP contribution in [0, 0.1) is 5.41 Å². The minimum absolute atomic E-state index is 0.0891. The molecule has 1 unspecified atom stereocenters. The molecule has 6 heteroatoms. The molecule has 0 bridgehead atoms. The van der Waals surface area contributed by atoms with Gasteiger partial charge in [0.25, 0.3) is 5.91 Å². The van der Waals surface area contributed by atoms with Crippen LogP contribution in [0.5, 0.6) is 0 Å². The third kappa shape index (κ3) is 3.31. The van der Waals surface area contributed by atoms with E-state index < -0.39 is 0 Å². The number of rotatable bonds is 3. The smallest absolute Gasteiger partial charge is 0.273 e. The van der Waals surface area contributed by atoms with Crippen LogP contribution in [0.4, 0.5) is 5.95 Å². The van der Waals surface area contributed by atoms with Crippen molar-refractivity contribution in [2.24, 2.45) is 5.41 Å². The van der Waals surface area contributed by atoms with Crippen molar-refractivity contribution in [3.05, 3.63) is 17.0 Å². The number of amides is 1. The Balaban J connectivity index is 1.62. The topological polar surface area (TPSA) is 61.4 Å². The maximum atomic E-state index is 13.1. The van der Waals surface area contributed by atoms with Crippen LogP contribution in [0.2, 0.25) is 0 Å². The Hall–Kier alpha value is -1.69. The van der Waals surface area contributed by atoms with E-state index in [1.165, 1.54) is 19.3 Å². The minimum Gasteiger partial charge on any atom is -0.357 e. The Bertz CT molecular complexity index is 696. The fourth-order valence-corrected chi connectivity index (χ4v) is 4.82. The molecule has 1 aromatic heterocycles. The number of likely N-dealkylation sites (tertiary alicyclic amines) is 1. The maximum absolute atomic E-state index is 13.1. The first-order valence-corrected chi connectivity index (χ1v) is 10.1. The largest absolute Gasteiger partial charge is 0.357 e. The van der Waals surface area contributed by atoms with Crippen LogP contribution in [0.15, 0.2) is 0 Å². The predicted molar refractivity (Wildman–Crippen MR) is 102 cm³/mol. The summed E-state index contributed by atoms with van der Waals surface area (Å²) in [6, 6.07) is 0.622. The number of aromatic nitrogens is 2. The Morgan fingerprint density at radius 1 is 1.19 bits per heavy atom. The molecule has 6 nitrogen and oxygen atoms in total. The van der Waals surface area contributed by atoms with Crippen LogP contribution in [-0.2, 0) is 13.0 Å². The van der Waals surface area contributed by atoms with Crippen LogP contribution < -0.4 is 5.32 Å². The third-order valence-electron chi connectivity index (χ3n) is 6.37. The molecule has 1 N–H and O–H groups in total. The van der Waals surface area contributed by atoms with E-state index in [9.17, 15) is 4.79 Å². The highest BCUT2D eigenvalue weighted by atomic mass is 16.2. The fraction of sp³-hybridized carbons (Fsp3) is 0.750. The van der Waals surface area contributed by atoms with Crippen molar-refractivity contribution in [1.82, 2.24) is 19.8 Å². The summed E-state index contributed by atoms with van der Waals surface area (Å²) in [5, 5.41) is 3.03. The molecular weight excluding hydrogens is 326 g/mol.